The molecule has 0 amide bonds. The zero-order valence-electron chi connectivity index (χ0n) is 18.3. The standard InChI is InChI=1S/C20H24N4O2.2CH2O2/c1-13-10-15(24-8-6-23(2)7-9-24)12-16-19(13)22-20(21-16)14-4-5-18(26-3)17(25)11-14;2*2-1-3/h4-5,10-12,25H,6-9H2,1-3H3,(H,21,22);2*1H,(H,2,3). The summed E-state index contributed by atoms with van der Waals surface area (Å²) in [6.45, 7) is 5.83. The summed E-state index contributed by atoms with van der Waals surface area (Å²) in [4.78, 5) is 29.6. The number of H-pyrrole nitrogens is 1. The van der Waals surface area contributed by atoms with Crippen LogP contribution in [0.1, 0.15) is 5.56 Å². The monoisotopic (exact) mass is 444 g/mol. The zero-order valence-corrected chi connectivity index (χ0v) is 18.3. The van der Waals surface area contributed by atoms with Crippen LogP contribution in [0.3, 0.4) is 0 Å². The molecule has 4 N–H and O–H groups in total. The van der Waals surface area contributed by atoms with Gasteiger partial charge in [-0.05, 0) is 49.9 Å². The Bertz CT molecular complexity index is 1040. The number of imidazole rings is 1. The lowest BCUT2D eigenvalue weighted by atomic mass is 10.1. The van der Waals surface area contributed by atoms with Crippen LogP contribution >= 0.6 is 0 Å². The molecule has 0 aliphatic carbocycles. The number of nitrogens with zero attached hydrogens (tertiary/aromatic N) is 3. The SMILES string of the molecule is COc1ccc(-c2nc3c(C)cc(N4CCN(C)CC4)cc3[nH]2)cc1O.O=CO.O=CO. The van der Waals surface area contributed by atoms with Gasteiger partial charge in [-0.15, -0.1) is 0 Å². The van der Waals surface area contributed by atoms with Gasteiger partial charge in [0.15, 0.2) is 11.5 Å². The molecule has 0 radical (unpaired) electrons. The van der Waals surface area contributed by atoms with E-state index in [1.165, 1.54) is 5.69 Å². The number of hydrogen-bond donors (Lipinski definition) is 4. The quantitative estimate of drug-likeness (QED) is 0.448. The van der Waals surface area contributed by atoms with Crippen molar-refractivity contribution in [1.82, 2.24) is 14.9 Å². The molecule has 0 saturated carbocycles. The van der Waals surface area contributed by atoms with Crippen LogP contribution in [-0.4, -0.2) is 83.5 Å². The van der Waals surface area contributed by atoms with E-state index in [1.54, 1.807) is 19.2 Å². The van der Waals surface area contributed by atoms with Gasteiger partial charge in [0, 0.05) is 37.4 Å². The smallest absolute Gasteiger partial charge is 0.290 e. The molecule has 32 heavy (non-hydrogen) atoms. The number of hydrogen-bond acceptors (Lipinski definition) is 7. The van der Waals surface area contributed by atoms with Crippen molar-refractivity contribution in [2.45, 2.75) is 6.92 Å². The number of carbonyl (C=O) groups is 2. The van der Waals surface area contributed by atoms with E-state index in [9.17, 15) is 5.11 Å². The number of rotatable bonds is 3. The van der Waals surface area contributed by atoms with Crippen LogP contribution < -0.4 is 9.64 Å². The Morgan fingerprint density at radius 1 is 1.06 bits per heavy atom. The predicted molar refractivity (Wildman–Crippen MR) is 122 cm³/mol. The van der Waals surface area contributed by atoms with Gasteiger partial charge in [-0.1, -0.05) is 0 Å². The second-order valence-electron chi connectivity index (χ2n) is 7.13. The van der Waals surface area contributed by atoms with Gasteiger partial charge in [0.05, 0.1) is 18.1 Å². The van der Waals surface area contributed by atoms with E-state index in [2.05, 4.69) is 40.9 Å². The molecule has 0 spiro atoms. The molecule has 0 unspecified atom stereocenters. The summed E-state index contributed by atoms with van der Waals surface area (Å²) in [7, 11) is 3.70. The highest BCUT2D eigenvalue weighted by Crippen LogP contribution is 2.32. The van der Waals surface area contributed by atoms with Crippen LogP contribution in [0.25, 0.3) is 22.4 Å². The third kappa shape index (κ3) is 5.88. The number of fused-ring (bicyclic) bond motifs is 1. The second-order valence-corrected chi connectivity index (χ2v) is 7.13. The Kier molecular flexibility index (Phi) is 8.84. The fraction of sp³-hybridized carbons (Fsp3) is 0.318. The van der Waals surface area contributed by atoms with E-state index in [0.29, 0.717) is 5.75 Å². The number of aromatic nitrogens is 2. The number of phenolic OH excluding ortho intramolecular Hbond substituents is 1. The van der Waals surface area contributed by atoms with Gasteiger partial charge in [0.1, 0.15) is 5.82 Å². The fourth-order valence-electron chi connectivity index (χ4n) is 3.49. The lowest BCUT2D eigenvalue weighted by Crippen LogP contribution is -2.44. The molecule has 1 aliphatic heterocycles. The maximum absolute atomic E-state index is 10.0. The molecule has 10 heteroatoms. The van der Waals surface area contributed by atoms with Gasteiger partial charge in [-0.25, -0.2) is 4.98 Å². The zero-order chi connectivity index (χ0) is 23.7. The molecule has 172 valence electrons. The second kappa shape index (κ2) is 11.6. The number of aryl methyl sites for hydroxylation is 1. The van der Waals surface area contributed by atoms with Crippen molar-refractivity contribution in [1.29, 1.82) is 0 Å². The molecule has 0 bridgehead atoms. The predicted octanol–water partition coefficient (Wildman–Crippen LogP) is 2.41. The lowest BCUT2D eigenvalue weighted by molar-refractivity contribution is -0.123. The number of anilines is 1. The molecule has 10 nitrogen and oxygen atoms in total. The largest absolute Gasteiger partial charge is 0.504 e. The summed E-state index contributed by atoms with van der Waals surface area (Å²) in [6, 6.07) is 9.71. The van der Waals surface area contributed by atoms with Crippen LogP contribution in [0, 0.1) is 6.92 Å². The lowest BCUT2D eigenvalue weighted by Gasteiger charge is -2.34. The van der Waals surface area contributed by atoms with Gasteiger partial charge in [0.25, 0.3) is 12.9 Å². The summed E-state index contributed by atoms with van der Waals surface area (Å²) in [5.74, 6) is 1.32. The molecule has 2 heterocycles. The topological polar surface area (TPSA) is 139 Å². The Hall–Kier alpha value is -3.79. The molecule has 0 atom stereocenters. The van der Waals surface area contributed by atoms with Crippen molar-refractivity contribution in [3.05, 3.63) is 35.9 Å². The van der Waals surface area contributed by atoms with Crippen LogP contribution in [0.5, 0.6) is 11.5 Å². The third-order valence-electron chi connectivity index (χ3n) is 5.08. The molecular formula is C22H28N4O6. The molecular weight excluding hydrogens is 416 g/mol. The molecule has 1 saturated heterocycles. The molecule has 2 aromatic carbocycles. The fourth-order valence-corrected chi connectivity index (χ4v) is 3.49. The van der Waals surface area contributed by atoms with Crippen molar-refractivity contribution in [2.75, 3.05) is 45.2 Å². The van der Waals surface area contributed by atoms with E-state index in [-0.39, 0.29) is 18.7 Å². The highest BCUT2D eigenvalue weighted by molar-refractivity contribution is 5.86. The molecule has 3 aromatic rings. The van der Waals surface area contributed by atoms with E-state index in [4.69, 9.17) is 29.5 Å². The van der Waals surface area contributed by atoms with Gasteiger partial charge in [-0.3, -0.25) is 9.59 Å². The average molecular weight is 444 g/mol. The number of benzene rings is 2. The number of aromatic hydroxyl groups is 1. The highest BCUT2D eigenvalue weighted by atomic mass is 16.5. The first-order valence-electron chi connectivity index (χ1n) is 9.85. The number of methoxy groups -OCH3 is 1. The molecule has 1 aromatic heterocycles. The van der Waals surface area contributed by atoms with Crippen molar-refractivity contribution >= 4 is 29.7 Å². The minimum atomic E-state index is -0.250. The number of ether oxygens (including phenoxy) is 1. The van der Waals surface area contributed by atoms with E-state index in [0.717, 1.165) is 54.2 Å². The maximum atomic E-state index is 10.0. The molecule has 4 rings (SSSR count). The number of nitrogens with one attached hydrogen (secondary N) is 1. The van der Waals surface area contributed by atoms with Gasteiger partial charge in [-0.2, -0.15) is 0 Å². The normalized spacial score (nSPS) is 13.4. The number of carboxylic acid groups (broad SMARTS) is 2. The first-order chi connectivity index (χ1) is 15.4. The summed E-state index contributed by atoms with van der Waals surface area (Å²) < 4.78 is 5.11. The highest BCUT2D eigenvalue weighted by Gasteiger charge is 2.17. The van der Waals surface area contributed by atoms with Gasteiger partial charge in [0.2, 0.25) is 0 Å². The summed E-state index contributed by atoms with van der Waals surface area (Å²) in [5.41, 5.74) is 5.20. The third-order valence-corrected chi connectivity index (χ3v) is 5.08. The van der Waals surface area contributed by atoms with Crippen molar-refractivity contribution < 1.29 is 29.6 Å². The Morgan fingerprint density at radius 2 is 1.69 bits per heavy atom. The Morgan fingerprint density at radius 3 is 2.25 bits per heavy atom. The van der Waals surface area contributed by atoms with Gasteiger partial charge >= 0.3 is 0 Å². The first-order valence-corrected chi connectivity index (χ1v) is 9.85. The number of aromatic amines is 1. The van der Waals surface area contributed by atoms with Crippen LogP contribution in [0.15, 0.2) is 30.3 Å². The van der Waals surface area contributed by atoms with Crippen molar-refractivity contribution in [3.8, 4) is 22.9 Å². The van der Waals surface area contributed by atoms with Crippen molar-refractivity contribution in [2.24, 2.45) is 0 Å². The maximum Gasteiger partial charge on any atom is 0.290 e. The first kappa shape index (κ1) is 24.5. The van der Waals surface area contributed by atoms with E-state index >= 15 is 0 Å². The number of piperazine rings is 1. The average Bonchev–Trinajstić information content (AvgIpc) is 3.20. The van der Waals surface area contributed by atoms with E-state index < -0.39 is 0 Å². The van der Waals surface area contributed by atoms with Crippen LogP contribution in [0.2, 0.25) is 0 Å². The number of phenols is 1. The summed E-state index contributed by atoms with van der Waals surface area (Å²) in [6.07, 6.45) is 0. The van der Waals surface area contributed by atoms with Gasteiger partial charge < -0.3 is 34.8 Å². The minimum absolute atomic E-state index is 0.111. The van der Waals surface area contributed by atoms with Crippen LogP contribution in [-0.2, 0) is 9.59 Å². The molecule has 1 fully saturated rings. The summed E-state index contributed by atoms with van der Waals surface area (Å²) >= 11 is 0. The molecule has 1 aliphatic rings. The Labute approximate surface area is 185 Å². The van der Waals surface area contributed by atoms with Crippen LogP contribution in [0.4, 0.5) is 5.69 Å². The van der Waals surface area contributed by atoms with Crippen molar-refractivity contribution in [3.63, 3.8) is 0 Å². The van der Waals surface area contributed by atoms with E-state index in [1.807, 2.05) is 6.07 Å². The Balaban J connectivity index is 0.000000547. The summed E-state index contributed by atoms with van der Waals surface area (Å²) in [5, 5.41) is 23.8. The number of likely N-dealkylation sites (N-methyl/N-ethyl adjacent to an activating group) is 1. The minimum Gasteiger partial charge on any atom is -0.504 e.